The van der Waals surface area contributed by atoms with Crippen molar-refractivity contribution in [3.05, 3.63) is 0 Å². The van der Waals surface area contributed by atoms with Crippen LogP contribution in [0.3, 0.4) is 0 Å². The minimum atomic E-state index is -1.32. The van der Waals surface area contributed by atoms with Gasteiger partial charge in [-0.25, -0.2) is 0 Å². The van der Waals surface area contributed by atoms with E-state index in [9.17, 15) is 19.8 Å². The molecule has 0 bridgehead atoms. The molecule has 0 aromatic rings. The molecule has 0 aliphatic carbocycles. The van der Waals surface area contributed by atoms with Crippen molar-refractivity contribution in [3.63, 3.8) is 0 Å². The van der Waals surface area contributed by atoms with Gasteiger partial charge < -0.3 is 20.0 Å². The molecule has 0 saturated carbocycles. The standard InChI is InChI=1S/C6H10N2O4/c9-3-7-1-2-8(4-10)6(12)5(7)11/h3-6,11-12H,1-2H2/t5-,6-/m1/s1. The van der Waals surface area contributed by atoms with Crippen molar-refractivity contribution in [2.45, 2.75) is 12.5 Å². The number of hydrogen-bond donors (Lipinski definition) is 2. The van der Waals surface area contributed by atoms with Crippen molar-refractivity contribution in [1.82, 2.24) is 9.80 Å². The van der Waals surface area contributed by atoms with E-state index in [2.05, 4.69) is 0 Å². The third-order valence-electron chi connectivity index (χ3n) is 1.83. The molecule has 0 aromatic carbocycles. The lowest BCUT2D eigenvalue weighted by molar-refractivity contribution is -0.181. The topological polar surface area (TPSA) is 81.1 Å². The summed E-state index contributed by atoms with van der Waals surface area (Å²) in [6.07, 6.45) is -1.76. The van der Waals surface area contributed by atoms with Crippen LogP contribution in [0.15, 0.2) is 0 Å². The smallest absolute Gasteiger partial charge is 0.211 e. The molecule has 1 fully saturated rings. The van der Waals surface area contributed by atoms with Crippen LogP contribution in [0.2, 0.25) is 0 Å². The average molecular weight is 174 g/mol. The first-order valence-corrected chi connectivity index (χ1v) is 3.49. The second-order valence-corrected chi connectivity index (χ2v) is 2.51. The van der Waals surface area contributed by atoms with Gasteiger partial charge in [0, 0.05) is 13.1 Å². The van der Waals surface area contributed by atoms with Crippen LogP contribution in [0.5, 0.6) is 0 Å². The average Bonchev–Trinajstić information content (AvgIpc) is 2.10. The lowest BCUT2D eigenvalue weighted by atomic mass is 10.3. The van der Waals surface area contributed by atoms with Crippen LogP contribution >= 0.6 is 0 Å². The van der Waals surface area contributed by atoms with Crippen LogP contribution < -0.4 is 0 Å². The first-order chi connectivity index (χ1) is 5.70. The first-order valence-electron chi connectivity index (χ1n) is 3.49. The van der Waals surface area contributed by atoms with Crippen LogP contribution in [0.4, 0.5) is 0 Å². The second kappa shape index (κ2) is 3.51. The second-order valence-electron chi connectivity index (χ2n) is 2.51. The highest BCUT2D eigenvalue weighted by Gasteiger charge is 2.32. The van der Waals surface area contributed by atoms with Gasteiger partial charge in [0.2, 0.25) is 12.8 Å². The maximum Gasteiger partial charge on any atom is 0.211 e. The summed E-state index contributed by atoms with van der Waals surface area (Å²) in [6, 6.07) is 0. The zero-order valence-corrected chi connectivity index (χ0v) is 6.33. The Hall–Kier alpha value is -1.14. The van der Waals surface area contributed by atoms with E-state index in [4.69, 9.17) is 0 Å². The van der Waals surface area contributed by atoms with Gasteiger partial charge in [0.1, 0.15) is 0 Å². The molecule has 1 saturated heterocycles. The molecule has 1 aliphatic rings. The van der Waals surface area contributed by atoms with Gasteiger partial charge in [-0.3, -0.25) is 9.59 Å². The molecular formula is C6H10N2O4. The molecule has 2 amide bonds. The van der Waals surface area contributed by atoms with Gasteiger partial charge in [0.25, 0.3) is 0 Å². The Morgan fingerprint density at radius 3 is 1.58 bits per heavy atom. The molecule has 68 valence electrons. The first kappa shape index (κ1) is 8.95. The van der Waals surface area contributed by atoms with Gasteiger partial charge in [-0.05, 0) is 0 Å². The maximum absolute atomic E-state index is 10.3. The third-order valence-corrected chi connectivity index (χ3v) is 1.83. The molecule has 0 unspecified atom stereocenters. The molecule has 2 atom stereocenters. The van der Waals surface area contributed by atoms with Crippen molar-refractivity contribution in [1.29, 1.82) is 0 Å². The molecule has 1 heterocycles. The van der Waals surface area contributed by atoms with Crippen LogP contribution in [-0.4, -0.2) is 58.4 Å². The van der Waals surface area contributed by atoms with Gasteiger partial charge in [-0.2, -0.15) is 0 Å². The van der Waals surface area contributed by atoms with Crippen molar-refractivity contribution in [3.8, 4) is 0 Å². The third kappa shape index (κ3) is 1.39. The van der Waals surface area contributed by atoms with E-state index in [-0.39, 0.29) is 13.1 Å². The van der Waals surface area contributed by atoms with Crippen molar-refractivity contribution < 1.29 is 19.8 Å². The molecule has 1 aliphatic heterocycles. The van der Waals surface area contributed by atoms with Crippen molar-refractivity contribution in [2.75, 3.05) is 13.1 Å². The van der Waals surface area contributed by atoms with Gasteiger partial charge in [0.05, 0.1) is 0 Å². The summed E-state index contributed by atoms with van der Waals surface area (Å²) in [6.45, 7) is 0.473. The monoisotopic (exact) mass is 174 g/mol. The van der Waals surface area contributed by atoms with Gasteiger partial charge in [-0.1, -0.05) is 0 Å². The molecule has 12 heavy (non-hydrogen) atoms. The molecule has 0 spiro atoms. The highest BCUT2D eigenvalue weighted by atomic mass is 16.4. The minimum Gasteiger partial charge on any atom is -0.369 e. The normalized spacial score (nSPS) is 30.2. The molecular weight excluding hydrogens is 164 g/mol. The number of amides is 2. The van der Waals surface area contributed by atoms with E-state index in [1.54, 1.807) is 0 Å². The number of piperazine rings is 1. The summed E-state index contributed by atoms with van der Waals surface area (Å²) >= 11 is 0. The summed E-state index contributed by atoms with van der Waals surface area (Å²) < 4.78 is 0. The number of hydrogen-bond acceptors (Lipinski definition) is 4. The molecule has 6 nitrogen and oxygen atoms in total. The van der Waals surface area contributed by atoms with E-state index < -0.39 is 12.5 Å². The zero-order chi connectivity index (χ0) is 9.14. The van der Waals surface area contributed by atoms with Gasteiger partial charge >= 0.3 is 0 Å². The number of rotatable bonds is 2. The maximum atomic E-state index is 10.3. The number of aliphatic hydroxyl groups excluding tert-OH is 2. The summed E-state index contributed by atoms with van der Waals surface area (Å²) in [5.41, 5.74) is 0. The number of aliphatic hydroxyl groups is 2. The quantitative estimate of drug-likeness (QED) is 0.455. The van der Waals surface area contributed by atoms with Crippen LogP contribution in [0.25, 0.3) is 0 Å². The van der Waals surface area contributed by atoms with Crippen LogP contribution in [0, 0.1) is 0 Å². The fraction of sp³-hybridized carbons (Fsp3) is 0.667. The Bertz CT molecular complexity index is 166. The summed E-state index contributed by atoms with van der Waals surface area (Å²) in [5, 5.41) is 18.4. The van der Waals surface area contributed by atoms with Crippen LogP contribution in [-0.2, 0) is 9.59 Å². The molecule has 6 heteroatoms. The van der Waals surface area contributed by atoms with E-state index in [0.717, 1.165) is 9.80 Å². The summed E-state index contributed by atoms with van der Waals surface area (Å²) in [7, 11) is 0. The number of nitrogens with zero attached hydrogens (tertiary/aromatic N) is 2. The Morgan fingerprint density at radius 1 is 1.00 bits per heavy atom. The summed E-state index contributed by atoms with van der Waals surface area (Å²) in [4.78, 5) is 22.6. The highest BCUT2D eigenvalue weighted by Crippen LogP contribution is 2.09. The minimum absolute atomic E-state index is 0.237. The Morgan fingerprint density at radius 2 is 1.33 bits per heavy atom. The SMILES string of the molecule is O=CN1CCN(C=O)[C@H](O)[C@H]1O. The Kier molecular flexibility index (Phi) is 2.61. The van der Waals surface area contributed by atoms with Gasteiger partial charge in [-0.15, -0.1) is 0 Å². The number of carbonyl (C=O) groups is 2. The van der Waals surface area contributed by atoms with Crippen molar-refractivity contribution >= 4 is 12.8 Å². The molecule has 1 rings (SSSR count). The molecule has 2 N–H and O–H groups in total. The zero-order valence-electron chi connectivity index (χ0n) is 6.33. The van der Waals surface area contributed by atoms with E-state index in [0.29, 0.717) is 12.8 Å². The van der Waals surface area contributed by atoms with Gasteiger partial charge in [0.15, 0.2) is 12.5 Å². The van der Waals surface area contributed by atoms with E-state index in [1.807, 2.05) is 0 Å². The lowest BCUT2D eigenvalue weighted by Crippen LogP contribution is -2.58. The fourth-order valence-corrected chi connectivity index (χ4v) is 1.07. The predicted molar refractivity (Wildman–Crippen MR) is 37.6 cm³/mol. The predicted octanol–water partition coefficient (Wildman–Crippen LogP) is -2.45. The highest BCUT2D eigenvalue weighted by molar-refractivity contribution is 5.51. The Labute approximate surface area is 69.0 Å². The fourth-order valence-electron chi connectivity index (χ4n) is 1.07. The summed E-state index contributed by atoms with van der Waals surface area (Å²) in [5.74, 6) is 0. The van der Waals surface area contributed by atoms with Crippen molar-refractivity contribution in [2.24, 2.45) is 0 Å². The largest absolute Gasteiger partial charge is 0.369 e. The van der Waals surface area contributed by atoms with E-state index >= 15 is 0 Å². The number of carbonyl (C=O) groups excluding carboxylic acids is 2. The van der Waals surface area contributed by atoms with Crippen LogP contribution in [0.1, 0.15) is 0 Å². The Balaban J connectivity index is 2.64. The lowest BCUT2D eigenvalue weighted by Gasteiger charge is -2.38. The molecule has 0 radical (unpaired) electrons. The molecule has 0 aromatic heterocycles. The van der Waals surface area contributed by atoms with E-state index in [1.165, 1.54) is 0 Å².